The third-order valence-corrected chi connectivity index (χ3v) is 4.18. The van der Waals surface area contributed by atoms with Gasteiger partial charge in [-0.1, -0.05) is 18.2 Å². The molecule has 157 valence electrons. The number of alkyl halides is 3. The molecule has 10 heteroatoms. The van der Waals surface area contributed by atoms with Gasteiger partial charge in [0.25, 0.3) is 5.91 Å². The maximum atomic E-state index is 12.9. The Labute approximate surface area is 208 Å². The van der Waals surface area contributed by atoms with Crippen LogP contribution in [0.25, 0.3) is 0 Å². The summed E-state index contributed by atoms with van der Waals surface area (Å²) in [5.74, 6) is 0.775. The van der Waals surface area contributed by atoms with Crippen LogP contribution in [0.3, 0.4) is 0 Å². The number of aromatic nitrogens is 1. The van der Waals surface area contributed by atoms with E-state index in [9.17, 15) is 18.0 Å². The fourth-order valence-corrected chi connectivity index (χ4v) is 2.82. The molecule has 0 bridgehead atoms. The molecule has 32 heavy (non-hydrogen) atoms. The summed E-state index contributed by atoms with van der Waals surface area (Å²) in [6, 6.07) is 15.3. The largest absolute Gasteiger partial charge is 1.00 e. The molecule has 3 aromatic rings. The summed E-state index contributed by atoms with van der Waals surface area (Å²) in [7, 11) is 6.00. The van der Waals surface area contributed by atoms with Gasteiger partial charge in [-0.25, -0.2) is 0 Å². The van der Waals surface area contributed by atoms with Crippen molar-refractivity contribution in [1.82, 2.24) is 4.98 Å². The third-order valence-electron chi connectivity index (χ3n) is 4.18. The number of nitriles is 1. The summed E-state index contributed by atoms with van der Waals surface area (Å²) >= 11 is 0. The molecule has 1 amide bonds. The molecule has 5 nitrogen and oxygen atoms in total. The van der Waals surface area contributed by atoms with Crippen LogP contribution in [0.2, 0.25) is 0 Å². The zero-order chi connectivity index (χ0) is 22.9. The molecule has 0 unspecified atom stereocenters. The second kappa shape index (κ2) is 12.9. The van der Waals surface area contributed by atoms with Crippen molar-refractivity contribution in [2.24, 2.45) is 0 Å². The van der Waals surface area contributed by atoms with Gasteiger partial charge in [-0.15, -0.1) is 0 Å². The van der Waals surface area contributed by atoms with E-state index in [2.05, 4.69) is 18.1 Å². The first-order chi connectivity index (χ1) is 14.8. The summed E-state index contributed by atoms with van der Waals surface area (Å²) in [5, 5.41) is 9.65. The van der Waals surface area contributed by atoms with Crippen LogP contribution in [0, 0.1) is 11.2 Å². The van der Waals surface area contributed by atoms with Gasteiger partial charge in [-0.05, 0) is 48.0 Å². The van der Waals surface area contributed by atoms with Crippen LogP contribution >= 0.6 is 0 Å². The van der Waals surface area contributed by atoms with E-state index in [1.54, 1.807) is 36.7 Å². The van der Waals surface area contributed by atoms with Gasteiger partial charge in [0.15, 0.2) is 0 Å². The van der Waals surface area contributed by atoms with Crippen molar-refractivity contribution in [3.05, 3.63) is 89.7 Å². The number of amides is 1. The SMILES string of the molecule is CN(Cc1ccncc1)c1ccccc1C(=O)Nc1cccc(C(F)(F)F)c1.[B-]C#N.[Na+]. The standard InChI is InChI=1S/C21H18F3N3O.CBN.Na/c1-27(14-15-9-11-25-12-10-15)19-8-3-2-7-18(19)20(28)26-17-6-4-5-16(13-17)21(22,23)24;2-1-3;/h2-13H,14H2,1H3,(H,26,28);;/q;-1;+1. The van der Waals surface area contributed by atoms with E-state index < -0.39 is 17.6 Å². The smallest absolute Gasteiger partial charge is 0.466 e. The first kappa shape index (κ1) is 27.2. The monoisotopic (exact) mass is 445 g/mol. The van der Waals surface area contributed by atoms with E-state index in [1.807, 2.05) is 24.1 Å². The van der Waals surface area contributed by atoms with Crippen molar-refractivity contribution in [1.29, 1.82) is 5.26 Å². The summed E-state index contributed by atoms with van der Waals surface area (Å²) in [4.78, 5) is 18.6. The van der Waals surface area contributed by atoms with Gasteiger partial charge in [0.1, 0.15) is 0 Å². The van der Waals surface area contributed by atoms with Crippen LogP contribution in [0.15, 0.2) is 73.1 Å². The van der Waals surface area contributed by atoms with Gasteiger partial charge < -0.3 is 18.1 Å². The number of nitrogens with one attached hydrogen (secondary N) is 1. The molecule has 0 atom stereocenters. The molecule has 0 spiro atoms. The molecule has 0 saturated heterocycles. The van der Waals surface area contributed by atoms with Crippen LogP contribution in [0.4, 0.5) is 24.5 Å². The molecule has 0 aliphatic carbocycles. The first-order valence-corrected chi connectivity index (χ1v) is 9.03. The number of halogens is 3. The number of carbonyl (C=O) groups excluding carboxylic acids is 1. The molecular weight excluding hydrogens is 427 g/mol. The topological polar surface area (TPSA) is 69.0 Å². The molecule has 1 aromatic heterocycles. The van der Waals surface area contributed by atoms with Crippen molar-refractivity contribution < 1.29 is 47.5 Å². The van der Waals surface area contributed by atoms with Crippen LogP contribution < -0.4 is 39.8 Å². The van der Waals surface area contributed by atoms with Gasteiger partial charge in [-0.2, -0.15) is 13.2 Å². The second-order valence-electron chi connectivity index (χ2n) is 6.39. The predicted molar refractivity (Wildman–Crippen MR) is 114 cm³/mol. The summed E-state index contributed by atoms with van der Waals surface area (Å²) in [6.07, 6.45) is -1.09. The van der Waals surface area contributed by atoms with Crippen molar-refractivity contribution in [3.63, 3.8) is 0 Å². The average Bonchev–Trinajstić information content (AvgIpc) is 2.74. The minimum absolute atomic E-state index is 0. The number of nitrogens with zero attached hydrogens (tertiary/aromatic N) is 3. The molecular formula is C22H18BF3N4NaO. The Balaban J connectivity index is 0.00000121. The van der Waals surface area contributed by atoms with Crippen LogP contribution in [0.5, 0.6) is 0 Å². The molecule has 1 heterocycles. The summed E-state index contributed by atoms with van der Waals surface area (Å²) < 4.78 is 38.6. The summed E-state index contributed by atoms with van der Waals surface area (Å²) in [6.45, 7) is 0.552. The maximum absolute atomic E-state index is 12.9. The van der Waals surface area contributed by atoms with Crippen LogP contribution in [-0.2, 0) is 12.7 Å². The fraction of sp³-hybridized carbons (Fsp3) is 0.136. The first-order valence-electron chi connectivity index (χ1n) is 9.03. The quantitative estimate of drug-likeness (QED) is 0.607. The van der Waals surface area contributed by atoms with E-state index in [0.717, 1.165) is 17.7 Å². The van der Waals surface area contributed by atoms with E-state index in [4.69, 9.17) is 5.26 Å². The molecule has 0 aliphatic rings. The second-order valence-corrected chi connectivity index (χ2v) is 6.39. The number of benzene rings is 2. The minimum atomic E-state index is -4.47. The maximum Gasteiger partial charge on any atom is 1.00 e. The molecule has 0 fully saturated rings. The zero-order valence-corrected chi connectivity index (χ0v) is 19.6. The van der Waals surface area contributed by atoms with Crippen LogP contribution in [0.1, 0.15) is 21.5 Å². The molecule has 0 saturated carbocycles. The Morgan fingerprint density at radius 2 is 1.75 bits per heavy atom. The Morgan fingerprint density at radius 3 is 2.38 bits per heavy atom. The van der Waals surface area contributed by atoms with Crippen molar-refractivity contribution in [3.8, 4) is 5.97 Å². The van der Waals surface area contributed by atoms with Crippen LogP contribution in [-0.4, -0.2) is 25.8 Å². The van der Waals surface area contributed by atoms with E-state index in [0.29, 0.717) is 17.8 Å². The van der Waals surface area contributed by atoms with Gasteiger partial charge in [-0.3, -0.25) is 21.0 Å². The number of hydrogen-bond donors (Lipinski definition) is 1. The summed E-state index contributed by atoms with van der Waals surface area (Å²) in [5.41, 5.74) is 1.34. The molecule has 2 aromatic carbocycles. The van der Waals surface area contributed by atoms with Gasteiger partial charge in [0, 0.05) is 37.4 Å². The van der Waals surface area contributed by atoms with E-state index in [-0.39, 0.29) is 35.2 Å². The normalized spacial score (nSPS) is 10.0. The molecule has 3 rings (SSSR count). The molecule has 3 radical (unpaired) electrons. The Hall–Kier alpha value is -2.80. The number of para-hydroxylation sites is 1. The van der Waals surface area contributed by atoms with Crippen molar-refractivity contribution in [2.75, 3.05) is 17.3 Å². The third kappa shape index (κ3) is 8.04. The van der Waals surface area contributed by atoms with Crippen molar-refractivity contribution >= 4 is 25.1 Å². The number of rotatable bonds is 5. The Kier molecular flexibility index (Phi) is 11.0. The number of carbonyl (C=O) groups is 1. The average molecular weight is 445 g/mol. The van der Waals surface area contributed by atoms with Gasteiger partial charge in [0.05, 0.1) is 11.1 Å². The minimum Gasteiger partial charge on any atom is -0.466 e. The fourth-order valence-electron chi connectivity index (χ4n) is 2.82. The van der Waals surface area contributed by atoms with Crippen molar-refractivity contribution in [2.45, 2.75) is 12.7 Å². The Morgan fingerprint density at radius 1 is 1.12 bits per heavy atom. The van der Waals surface area contributed by atoms with E-state index >= 15 is 0 Å². The van der Waals surface area contributed by atoms with Gasteiger partial charge in [0.2, 0.25) is 0 Å². The molecule has 0 aliphatic heterocycles. The van der Waals surface area contributed by atoms with E-state index in [1.165, 1.54) is 18.1 Å². The molecule has 1 N–H and O–H groups in total. The zero-order valence-electron chi connectivity index (χ0n) is 17.6. The number of hydrogen-bond acceptors (Lipinski definition) is 4. The van der Waals surface area contributed by atoms with Gasteiger partial charge >= 0.3 is 35.7 Å². The number of anilines is 2. The Bertz CT molecular complexity index is 1060. The number of pyridine rings is 1. The predicted octanol–water partition coefficient (Wildman–Crippen LogP) is 1.63.